The molecule has 0 aliphatic rings. The van der Waals surface area contributed by atoms with E-state index >= 15 is 0 Å². The number of nitrogens with zero attached hydrogens (tertiary/aromatic N) is 3. The summed E-state index contributed by atoms with van der Waals surface area (Å²) in [5.41, 5.74) is 0.525. The normalized spacial score (nSPS) is 9.40. The molecule has 104 valence electrons. The monoisotopic (exact) mass is 273 g/mol. The number of esters is 1. The van der Waals surface area contributed by atoms with Crippen molar-refractivity contribution in [1.29, 1.82) is 5.26 Å². The number of amides is 1. The third kappa shape index (κ3) is 4.21. The Bertz CT molecular complexity index is 532. The van der Waals surface area contributed by atoms with Gasteiger partial charge in [0.15, 0.2) is 0 Å². The van der Waals surface area contributed by atoms with Crippen LogP contribution < -0.4 is 0 Å². The van der Waals surface area contributed by atoms with Gasteiger partial charge in [-0.15, -0.1) is 6.58 Å². The summed E-state index contributed by atoms with van der Waals surface area (Å²) in [6, 6.07) is 4.86. The Balaban J connectivity index is 2.84. The van der Waals surface area contributed by atoms with Crippen LogP contribution in [0.25, 0.3) is 0 Å². The molecule has 0 bridgehead atoms. The summed E-state index contributed by atoms with van der Waals surface area (Å²) in [6.45, 7) is 5.54. The van der Waals surface area contributed by atoms with E-state index in [1.807, 2.05) is 6.07 Å². The first-order chi connectivity index (χ1) is 9.62. The van der Waals surface area contributed by atoms with E-state index in [1.54, 1.807) is 6.92 Å². The van der Waals surface area contributed by atoms with Gasteiger partial charge in [0.25, 0.3) is 5.91 Å². The lowest BCUT2D eigenvalue weighted by atomic mass is 10.2. The zero-order chi connectivity index (χ0) is 15.0. The van der Waals surface area contributed by atoms with E-state index in [0.717, 1.165) is 0 Å². The molecule has 6 heteroatoms. The molecular weight excluding hydrogens is 258 g/mol. The number of ether oxygens (including phenoxy) is 1. The predicted molar refractivity (Wildman–Crippen MR) is 71.7 cm³/mol. The van der Waals surface area contributed by atoms with E-state index in [-0.39, 0.29) is 25.4 Å². The van der Waals surface area contributed by atoms with Crippen LogP contribution in [-0.4, -0.2) is 41.5 Å². The average molecular weight is 273 g/mol. The highest BCUT2D eigenvalue weighted by molar-refractivity contribution is 5.94. The molecule has 0 N–H and O–H groups in total. The predicted octanol–water partition coefficient (Wildman–Crippen LogP) is 1.14. The van der Waals surface area contributed by atoms with E-state index in [2.05, 4.69) is 11.6 Å². The number of hydrogen-bond acceptors (Lipinski definition) is 5. The number of aromatic nitrogens is 1. The molecule has 6 nitrogen and oxygen atoms in total. The number of rotatable bonds is 6. The minimum absolute atomic E-state index is 0.162. The van der Waals surface area contributed by atoms with E-state index in [4.69, 9.17) is 10.00 Å². The van der Waals surface area contributed by atoms with Crippen LogP contribution in [0.5, 0.6) is 0 Å². The first-order valence-corrected chi connectivity index (χ1v) is 6.04. The molecule has 1 aromatic heterocycles. The van der Waals surface area contributed by atoms with Crippen molar-refractivity contribution in [2.24, 2.45) is 0 Å². The quantitative estimate of drug-likeness (QED) is 0.573. The fourth-order valence-corrected chi connectivity index (χ4v) is 1.49. The molecule has 0 radical (unpaired) electrons. The third-order valence-corrected chi connectivity index (χ3v) is 2.37. The average Bonchev–Trinajstić information content (AvgIpc) is 2.46. The second-order valence-corrected chi connectivity index (χ2v) is 3.82. The lowest BCUT2D eigenvalue weighted by Gasteiger charge is -2.19. The molecule has 0 saturated carbocycles. The fourth-order valence-electron chi connectivity index (χ4n) is 1.49. The van der Waals surface area contributed by atoms with E-state index in [1.165, 1.54) is 29.3 Å². The zero-order valence-electron chi connectivity index (χ0n) is 11.2. The zero-order valence-corrected chi connectivity index (χ0v) is 11.2. The lowest BCUT2D eigenvalue weighted by molar-refractivity contribution is -0.143. The first kappa shape index (κ1) is 15.4. The summed E-state index contributed by atoms with van der Waals surface area (Å²) < 4.78 is 4.81. The molecule has 0 spiro atoms. The van der Waals surface area contributed by atoms with Crippen LogP contribution in [0.4, 0.5) is 0 Å². The van der Waals surface area contributed by atoms with Gasteiger partial charge in [0.2, 0.25) is 0 Å². The van der Waals surface area contributed by atoms with Gasteiger partial charge in [0.05, 0.1) is 12.2 Å². The standard InChI is InChI=1S/C14H15N3O3/c1-3-7-17(10-13(18)20-4-2)14(19)12-6-5-11(8-15)9-16-12/h3,5-6,9H,1,4,7,10H2,2H3. The summed E-state index contributed by atoms with van der Waals surface area (Å²) in [4.78, 5) is 28.8. The maximum atomic E-state index is 12.2. The van der Waals surface area contributed by atoms with E-state index in [9.17, 15) is 9.59 Å². The van der Waals surface area contributed by atoms with Crippen molar-refractivity contribution < 1.29 is 14.3 Å². The highest BCUT2D eigenvalue weighted by Gasteiger charge is 2.19. The molecule has 20 heavy (non-hydrogen) atoms. The smallest absolute Gasteiger partial charge is 0.325 e. The van der Waals surface area contributed by atoms with Crippen LogP contribution in [0.2, 0.25) is 0 Å². The Morgan fingerprint density at radius 3 is 2.80 bits per heavy atom. The number of carbonyl (C=O) groups is 2. The number of pyridine rings is 1. The SMILES string of the molecule is C=CCN(CC(=O)OCC)C(=O)c1ccc(C#N)cn1. The highest BCUT2D eigenvalue weighted by Crippen LogP contribution is 2.04. The molecule has 0 aliphatic carbocycles. The van der Waals surface area contributed by atoms with Crippen molar-refractivity contribution in [2.75, 3.05) is 19.7 Å². The molecule has 0 atom stereocenters. The van der Waals surface area contributed by atoms with Gasteiger partial charge in [0.1, 0.15) is 18.3 Å². The lowest BCUT2D eigenvalue weighted by Crippen LogP contribution is -2.37. The maximum absolute atomic E-state index is 12.2. The van der Waals surface area contributed by atoms with Crippen LogP contribution in [0.15, 0.2) is 31.0 Å². The molecule has 1 aromatic rings. The molecule has 1 amide bonds. The highest BCUT2D eigenvalue weighted by atomic mass is 16.5. The second-order valence-electron chi connectivity index (χ2n) is 3.82. The van der Waals surface area contributed by atoms with Gasteiger partial charge >= 0.3 is 5.97 Å². The van der Waals surface area contributed by atoms with Crippen molar-refractivity contribution in [3.8, 4) is 6.07 Å². The summed E-state index contributed by atoms with van der Waals surface area (Å²) in [7, 11) is 0. The van der Waals surface area contributed by atoms with Crippen LogP contribution in [0, 0.1) is 11.3 Å². The van der Waals surface area contributed by atoms with Crippen molar-refractivity contribution >= 4 is 11.9 Å². The van der Waals surface area contributed by atoms with Crippen molar-refractivity contribution in [1.82, 2.24) is 9.88 Å². The largest absolute Gasteiger partial charge is 0.465 e. The third-order valence-electron chi connectivity index (χ3n) is 2.37. The number of carbonyl (C=O) groups excluding carboxylic acids is 2. The minimum Gasteiger partial charge on any atom is -0.465 e. The van der Waals surface area contributed by atoms with Crippen molar-refractivity contribution in [2.45, 2.75) is 6.92 Å². The van der Waals surface area contributed by atoms with Crippen LogP contribution in [-0.2, 0) is 9.53 Å². The molecule has 0 fully saturated rings. The van der Waals surface area contributed by atoms with E-state index < -0.39 is 11.9 Å². The van der Waals surface area contributed by atoms with Gasteiger partial charge in [-0.05, 0) is 19.1 Å². The maximum Gasteiger partial charge on any atom is 0.325 e. The van der Waals surface area contributed by atoms with Crippen LogP contribution in [0.1, 0.15) is 23.0 Å². The summed E-state index contributed by atoms with van der Waals surface area (Å²) in [5.74, 6) is -0.904. The minimum atomic E-state index is -0.489. The van der Waals surface area contributed by atoms with Gasteiger partial charge in [-0.25, -0.2) is 4.98 Å². The van der Waals surface area contributed by atoms with Crippen LogP contribution in [0.3, 0.4) is 0 Å². The second kappa shape index (κ2) is 7.69. The Kier molecular flexibility index (Phi) is 5.91. The molecule has 1 rings (SSSR count). The summed E-state index contributed by atoms with van der Waals surface area (Å²) in [6.07, 6.45) is 2.82. The first-order valence-electron chi connectivity index (χ1n) is 6.04. The van der Waals surface area contributed by atoms with Gasteiger partial charge in [-0.2, -0.15) is 5.26 Å². The van der Waals surface area contributed by atoms with Gasteiger partial charge in [0, 0.05) is 12.7 Å². The Morgan fingerprint density at radius 1 is 1.55 bits per heavy atom. The summed E-state index contributed by atoms with van der Waals surface area (Å²) in [5, 5.41) is 8.68. The van der Waals surface area contributed by atoms with Crippen molar-refractivity contribution in [3.63, 3.8) is 0 Å². The number of nitriles is 1. The molecule has 0 aromatic carbocycles. The molecule has 1 heterocycles. The Hall–Kier alpha value is -2.68. The topological polar surface area (TPSA) is 83.3 Å². The van der Waals surface area contributed by atoms with Gasteiger partial charge in [-0.1, -0.05) is 6.08 Å². The number of hydrogen-bond donors (Lipinski definition) is 0. The van der Waals surface area contributed by atoms with E-state index in [0.29, 0.717) is 5.56 Å². The summed E-state index contributed by atoms with van der Waals surface area (Å²) >= 11 is 0. The molecular formula is C14H15N3O3. The molecule has 0 saturated heterocycles. The van der Waals surface area contributed by atoms with Crippen molar-refractivity contribution in [3.05, 3.63) is 42.2 Å². The fraction of sp³-hybridized carbons (Fsp3) is 0.286. The van der Waals surface area contributed by atoms with Gasteiger partial charge < -0.3 is 9.64 Å². The Morgan fingerprint density at radius 2 is 2.30 bits per heavy atom. The van der Waals surface area contributed by atoms with Gasteiger partial charge in [-0.3, -0.25) is 9.59 Å². The molecule has 0 unspecified atom stereocenters. The Labute approximate surface area is 117 Å². The van der Waals surface area contributed by atoms with Crippen LogP contribution >= 0.6 is 0 Å². The molecule has 0 aliphatic heterocycles.